The normalized spacial score (nSPS) is 24.0. The van der Waals surface area contributed by atoms with E-state index >= 15 is 0 Å². The molecule has 0 aliphatic heterocycles. The predicted molar refractivity (Wildman–Crippen MR) is 108 cm³/mol. The average Bonchev–Trinajstić information content (AvgIpc) is 2.96. The second kappa shape index (κ2) is 9.91. The van der Waals surface area contributed by atoms with Crippen molar-refractivity contribution < 1.29 is 9.59 Å². The summed E-state index contributed by atoms with van der Waals surface area (Å²) in [5, 5.41) is 6.35. The Balaban J connectivity index is 1.39. The van der Waals surface area contributed by atoms with Gasteiger partial charge in [-0.05, 0) is 51.0 Å². The van der Waals surface area contributed by atoms with Crippen molar-refractivity contribution in [2.75, 3.05) is 0 Å². The van der Waals surface area contributed by atoms with Crippen LogP contribution >= 0.6 is 0 Å². The largest absolute Gasteiger partial charge is 0.353 e. The summed E-state index contributed by atoms with van der Waals surface area (Å²) in [5.74, 6) is 0.505. The van der Waals surface area contributed by atoms with Gasteiger partial charge in [0, 0.05) is 24.4 Å². The molecule has 0 radical (unpaired) electrons. The zero-order valence-corrected chi connectivity index (χ0v) is 16.6. The first-order chi connectivity index (χ1) is 13.1. The van der Waals surface area contributed by atoms with Crippen LogP contribution in [0.2, 0.25) is 0 Å². The maximum atomic E-state index is 12.6. The van der Waals surface area contributed by atoms with E-state index in [1.807, 2.05) is 0 Å². The van der Waals surface area contributed by atoms with Crippen LogP contribution in [0.1, 0.15) is 75.3 Å². The maximum absolute atomic E-state index is 12.6. The molecule has 0 bridgehead atoms. The van der Waals surface area contributed by atoms with Gasteiger partial charge in [0.2, 0.25) is 11.8 Å². The molecule has 3 rings (SSSR count). The highest BCUT2D eigenvalue weighted by molar-refractivity contribution is 5.81. The highest BCUT2D eigenvalue weighted by Crippen LogP contribution is 2.29. The van der Waals surface area contributed by atoms with Crippen LogP contribution in [0.15, 0.2) is 24.3 Å². The molecule has 0 aromatic heterocycles. The Labute approximate surface area is 163 Å². The van der Waals surface area contributed by atoms with Crippen molar-refractivity contribution in [3.8, 4) is 0 Å². The Morgan fingerprint density at radius 2 is 1.37 bits per heavy atom. The molecule has 148 valence electrons. The van der Waals surface area contributed by atoms with Crippen molar-refractivity contribution in [2.24, 2.45) is 11.8 Å². The second-order valence-electron chi connectivity index (χ2n) is 8.45. The Kier molecular flexibility index (Phi) is 7.31. The monoisotopic (exact) mass is 370 g/mol. The molecule has 0 unspecified atom stereocenters. The molecule has 1 aromatic rings. The van der Waals surface area contributed by atoms with Gasteiger partial charge >= 0.3 is 0 Å². The third-order valence-electron chi connectivity index (χ3n) is 6.26. The van der Waals surface area contributed by atoms with E-state index in [0.717, 1.165) is 44.1 Å². The van der Waals surface area contributed by atoms with Crippen molar-refractivity contribution in [1.82, 2.24) is 10.6 Å². The number of hydrogen-bond donors (Lipinski definition) is 2. The van der Waals surface area contributed by atoms with Gasteiger partial charge < -0.3 is 10.6 Å². The second-order valence-corrected chi connectivity index (χ2v) is 8.45. The average molecular weight is 371 g/mol. The molecule has 4 nitrogen and oxygen atoms in total. The van der Waals surface area contributed by atoms with Crippen LogP contribution in [0.3, 0.4) is 0 Å². The van der Waals surface area contributed by atoms with Gasteiger partial charge in [-0.25, -0.2) is 0 Å². The van der Waals surface area contributed by atoms with E-state index in [1.54, 1.807) is 0 Å². The van der Waals surface area contributed by atoms with E-state index in [9.17, 15) is 9.59 Å². The summed E-state index contributed by atoms with van der Waals surface area (Å²) in [6.45, 7) is 2.65. The van der Waals surface area contributed by atoms with E-state index in [4.69, 9.17) is 0 Å². The number of nitrogens with one attached hydrogen (secondary N) is 2. The molecule has 0 spiro atoms. The Bertz CT molecular complexity index is 610. The van der Waals surface area contributed by atoms with Gasteiger partial charge in [0.05, 0.1) is 0 Å². The lowest BCUT2D eigenvalue weighted by atomic mass is 9.81. The fraction of sp³-hybridized carbons (Fsp3) is 0.652. The standard InChI is InChI=1S/C23H34N2O2/c1-17-8-10-18(11-9-17)16-24-22(26)19-12-14-20(15-13-19)23(27)25-21-6-4-2-3-5-7-21/h8-11,19-21H,2-7,12-16H2,1H3,(H,24,26)(H,25,27). The zero-order valence-electron chi connectivity index (χ0n) is 16.6. The Morgan fingerprint density at radius 3 is 1.96 bits per heavy atom. The summed E-state index contributed by atoms with van der Waals surface area (Å²) in [6, 6.07) is 8.63. The minimum Gasteiger partial charge on any atom is -0.353 e. The van der Waals surface area contributed by atoms with Crippen molar-refractivity contribution in [3.63, 3.8) is 0 Å². The van der Waals surface area contributed by atoms with Gasteiger partial charge in [0.1, 0.15) is 0 Å². The fourth-order valence-corrected chi connectivity index (χ4v) is 4.40. The number of carbonyl (C=O) groups excluding carboxylic acids is 2. The topological polar surface area (TPSA) is 58.2 Å². The minimum atomic E-state index is 0.0531. The van der Waals surface area contributed by atoms with E-state index in [0.29, 0.717) is 12.6 Å². The van der Waals surface area contributed by atoms with Crippen molar-refractivity contribution >= 4 is 11.8 Å². The molecule has 2 amide bonds. The molecule has 0 atom stereocenters. The molecule has 4 heteroatoms. The highest BCUT2D eigenvalue weighted by Gasteiger charge is 2.30. The number of hydrogen-bond acceptors (Lipinski definition) is 2. The first kappa shape index (κ1) is 19.9. The van der Waals surface area contributed by atoms with Crippen molar-refractivity contribution in [3.05, 3.63) is 35.4 Å². The fourth-order valence-electron chi connectivity index (χ4n) is 4.40. The lowest BCUT2D eigenvalue weighted by Gasteiger charge is -2.28. The third kappa shape index (κ3) is 6.08. The molecule has 2 N–H and O–H groups in total. The Hall–Kier alpha value is -1.84. The summed E-state index contributed by atoms with van der Waals surface area (Å²) in [5.41, 5.74) is 2.36. The van der Waals surface area contributed by atoms with Gasteiger partial charge in [-0.1, -0.05) is 55.5 Å². The SMILES string of the molecule is Cc1ccc(CNC(=O)C2CCC(C(=O)NC3CCCCCC3)CC2)cc1. The van der Waals surface area contributed by atoms with Crippen LogP contribution in [0.25, 0.3) is 0 Å². The van der Waals surface area contributed by atoms with Gasteiger partial charge in [-0.15, -0.1) is 0 Å². The Morgan fingerprint density at radius 1 is 0.815 bits per heavy atom. The first-order valence-corrected chi connectivity index (χ1v) is 10.8. The number of aryl methyl sites for hydroxylation is 1. The van der Waals surface area contributed by atoms with Crippen molar-refractivity contribution in [2.45, 2.75) is 83.7 Å². The zero-order chi connectivity index (χ0) is 19.1. The number of carbonyl (C=O) groups is 2. The molecule has 2 aliphatic rings. The number of benzene rings is 1. The number of rotatable bonds is 5. The molecule has 0 heterocycles. The van der Waals surface area contributed by atoms with Crippen LogP contribution in [-0.4, -0.2) is 17.9 Å². The van der Waals surface area contributed by atoms with Gasteiger partial charge in [0.15, 0.2) is 0 Å². The van der Waals surface area contributed by atoms with Gasteiger partial charge in [0.25, 0.3) is 0 Å². The molecular formula is C23H34N2O2. The molecule has 27 heavy (non-hydrogen) atoms. The maximum Gasteiger partial charge on any atom is 0.223 e. The highest BCUT2D eigenvalue weighted by atomic mass is 16.2. The summed E-state index contributed by atoms with van der Waals surface area (Å²) in [4.78, 5) is 25.0. The predicted octanol–water partition coefficient (Wildman–Crippen LogP) is 4.26. The quantitative estimate of drug-likeness (QED) is 0.761. The molecule has 2 fully saturated rings. The summed E-state index contributed by atoms with van der Waals surface area (Å²) >= 11 is 0. The number of amides is 2. The summed E-state index contributed by atoms with van der Waals surface area (Å²) < 4.78 is 0. The van der Waals surface area contributed by atoms with Crippen LogP contribution in [-0.2, 0) is 16.1 Å². The van der Waals surface area contributed by atoms with E-state index in [-0.39, 0.29) is 23.7 Å². The lowest BCUT2D eigenvalue weighted by Crippen LogP contribution is -2.41. The van der Waals surface area contributed by atoms with E-state index < -0.39 is 0 Å². The van der Waals surface area contributed by atoms with Crippen molar-refractivity contribution in [1.29, 1.82) is 0 Å². The van der Waals surface area contributed by atoms with Crippen LogP contribution in [0, 0.1) is 18.8 Å². The molecule has 1 aromatic carbocycles. The molecular weight excluding hydrogens is 336 g/mol. The third-order valence-corrected chi connectivity index (χ3v) is 6.26. The van der Waals surface area contributed by atoms with Crippen LogP contribution in [0.5, 0.6) is 0 Å². The smallest absolute Gasteiger partial charge is 0.223 e. The van der Waals surface area contributed by atoms with Crippen LogP contribution in [0.4, 0.5) is 0 Å². The summed E-state index contributed by atoms with van der Waals surface area (Å²) in [6.07, 6.45) is 10.6. The molecule has 0 saturated heterocycles. The molecule has 2 saturated carbocycles. The van der Waals surface area contributed by atoms with Crippen LogP contribution < -0.4 is 10.6 Å². The van der Waals surface area contributed by atoms with E-state index in [1.165, 1.54) is 31.2 Å². The lowest BCUT2D eigenvalue weighted by molar-refractivity contribution is -0.131. The molecule has 2 aliphatic carbocycles. The van der Waals surface area contributed by atoms with E-state index in [2.05, 4.69) is 41.8 Å². The van der Waals surface area contributed by atoms with Gasteiger partial charge in [-0.3, -0.25) is 9.59 Å². The minimum absolute atomic E-state index is 0.0531. The first-order valence-electron chi connectivity index (χ1n) is 10.8. The summed E-state index contributed by atoms with van der Waals surface area (Å²) in [7, 11) is 0. The van der Waals surface area contributed by atoms with Gasteiger partial charge in [-0.2, -0.15) is 0 Å².